The number of rotatable bonds is 4. The van der Waals surface area contributed by atoms with Gasteiger partial charge in [-0.3, -0.25) is 9.48 Å². The molecule has 0 unspecified atom stereocenters. The molecule has 0 fully saturated rings. The van der Waals surface area contributed by atoms with Crippen LogP contribution in [0.25, 0.3) is 11.4 Å². The summed E-state index contributed by atoms with van der Waals surface area (Å²) in [4.78, 5) is 26.6. The average Bonchev–Trinajstić information content (AvgIpc) is 3.30. The van der Waals surface area contributed by atoms with Crippen molar-refractivity contribution in [1.29, 1.82) is 0 Å². The van der Waals surface area contributed by atoms with Gasteiger partial charge in [-0.05, 0) is 6.42 Å². The van der Waals surface area contributed by atoms with Crippen LogP contribution in [0.4, 0.5) is 0 Å². The van der Waals surface area contributed by atoms with E-state index in [0.717, 1.165) is 30.6 Å². The predicted octanol–water partition coefficient (Wildman–Crippen LogP) is 1.94. The van der Waals surface area contributed by atoms with Gasteiger partial charge in [0.25, 0.3) is 5.91 Å². The standard InChI is InChI=1S/C17H18N6O2/c1-2-4-23-15-3-5-22(17(24)12-6-18-10-19-7-12)8-13(15)16(21-23)14-9-25-11-20-14/h6-7,9-11H,2-5,8H2,1H3. The molecule has 1 aliphatic rings. The van der Waals surface area contributed by atoms with E-state index in [9.17, 15) is 4.79 Å². The topological polar surface area (TPSA) is 89.9 Å². The summed E-state index contributed by atoms with van der Waals surface area (Å²) in [5, 5.41) is 4.72. The Morgan fingerprint density at radius 1 is 1.32 bits per heavy atom. The molecule has 0 spiro atoms. The van der Waals surface area contributed by atoms with Gasteiger partial charge in [0.15, 0.2) is 6.39 Å². The molecule has 0 aliphatic carbocycles. The highest BCUT2D eigenvalue weighted by Gasteiger charge is 2.29. The van der Waals surface area contributed by atoms with E-state index >= 15 is 0 Å². The fraction of sp³-hybridized carbons (Fsp3) is 0.353. The maximum Gasteiger partial charge on any atom is 0.257 e. The van der Waals surface area contributed by atoms with E-state index in [1.54, 1.807) is 18.7 Å². The summed E-state index contributed by atoms with van der Waals surface area (Å²) in [6.07, 6.45) is 9.25. The number of aryl methyl sites for hydroxylation is 1. The summed E-state index contributed by atoms with van der Waals surface area (Å²) in [7, 11) is 0. The van der Waals surface area contributed by atoms with Crippen LogP contribution in [0.2, 0.25) is 0 Å². The Kier molecular flexibility index (Phi) is 4.01. The lowest BCUT2D eigenvalue weighted by Crippen LogP contribution is -2.36. The SMILES string of the molecule is CCCn1nc(-c2cocn2)c2c1CCN(C(=O)c1cncnc1)C2. The van der Waals surface area contributed by atoms with Crippen LogP contribution in [-0.2, 0) is 19.5 Å². The van der Waals surface area contributed by atoms with Gasteiger partial charge in [0, 0.05) is 43.2 Å². The van der Waals surface area contributed by atoms with E-state index in [1.165, 1.54) is 18.4 Å². The molecule has 3 aromatic heterocycles. The number of fused-ring (bicyclic) bond motifs is 1. The minimum absolute atomic E-state index is 0.0689. The molecular formula is C17H18N6O2. The number of hydrogen-bond acceptors (Lipinski definition) is 6. The Morgan fingerprint density at radius 2 is 2.16 bits per heavy atom. The molecular weight excluding hydrogens is 320 g/mol. The number of aromatic nitrogens is 5. The minimum Gasteiger partial charge on any atom is -0.451 e. The lowest BCUT2D eigenvalue weighted by molar-refractivity contribution is 0.0732. The van der Waals surface area contributed by atoms with Crippen molar-refractivity contribution in [2.24, 2.45) is 0 Å². The zero-order valence-electron chi connectivity index (χ0n) is 13.9. The summed E-state index contributed by atoms with van der Waals surface area (Å²) in [6, 6.07) is 0. The molecule has 8 nitrogen and oxygen atoms in total. The molecule has 8 heteroatoms. The molecule has 0 radical (unpaired) electrons. The second-order valence-electron chi connectivity index (χ2n) is 5.97. The fourth-order valence-corrected chi connectivity index (χ4v) is 3.19. The normalized spacial score (nSPS) is 13.7. The lowest BCUT2D eigenvalue weighted by Gasteiger charge is -2.27. The fourth-order valence-electron chi connectivity index (χ4n) is 3.19. The van der Waals surface area contributed by atoms with Crippen molar-refractivity contribution in [3.05, 3.63) is 48.2 Å². The van der Waals surface area contributed by atoms with Gasteiger partial charge in [-0.1, -0.05) is 6.92 Å². The molecule has 0 bridgehead atoms. The van der Waals surface area contributed by atoms with Gasteiger partial charge in [0.2, 0.25) is 0 Å². The van der Waals surface area contributed by atoms with Crippen molar-refractivity contribution < 1.29 is 9.21 Å². The Morgan fingerprint density at radius 3 is 2.88 bits per heavy atom. The summed E-state index contributed by atoms with van der Waals surface area (Å²) >= 11 is 0. The molecule has 3 aromatic rings. The summed E-state index contributed by atoms with van der Waals surface area (Å²) in [5.74, 6) is -0.0689. The van der Waals surface area contributed by atoms with E-state index in [4.69, 9.17) is 9.52 Å². The third-order valence-corrected chi connectivity index (χ3v) is 4.34. The molecule has 0 saturated heterocycles. The first-order chi connectivity index (χ1) is 12.3. The number of carbonyl (C=O) groups excluding carboxylic acids is 1. The average molecular weight is 338 g/mol. The maximum atomic E-state index is 12.7. The first kappa shape index (κ1) is 15.5. The summed E-state index contributed by atoms with van der Waals surface area (Å²) in [5.41, 5.74) is 4.20. The van der Waals surface area contributed by atoms with Gasteiger partial charge in [-0.25, -0.2) is 15.0 Å². The maximum absolute atomic E-state index is 12.7. The highest BCUT2D eigenvalue weighted by Crippen LogP contribution is 2.30. The first-order valence-electron chi connectivity index (χ1n) is 8.29. The van der Waals surface area contributed by atoms with Crippen LogP contribution < -0.4 is 0 Å². The van der Waals surface area contributed by atoms with Crippen molar-refractivity contribution in [1.82, 2.24) is 29.6 Å². The Hall–Kier alpha value is -3.03. The van der Waals surface area contributed by atoms with Crippen LogP contribution in [0, 0.1) is 0 Å². The molecule has 0 atom stereocenters. The number of oxazole rings is 1. The third kappa shape index (κ3) is 2.79. The van der Waals surface area contributed by atoms with Crippen LogP contribution in [0.3, 0.4) is 0 Å². The smallest absolute Gasteiger partial charge is 0.257 e. The van der Waals surface area contributed by atoms with Crippen LogP contribution in [0.1, 0.15) is 35.0 Å². The van der Waals surface area contributed by atoms with Crippen LogP contribution >= 0.6 is 0 Å². The first-order valence-corrected chi connectivity index (χ1v) is 8.29. The van der Waals surface area contributed by atoms with Crippen molar-refractivity contribution in [2.45, 2.75) is 32.9 Å². The van der Waals surface area contributed by atoms with Crippen molar-refractivity contribution in [3.8, 4) is 11.4 Å². The number of amides is 1. The Balaban J connectivity index is 1.69. The quantitative estimate of drug-likeness (QED) is 0.722. The van der Waals surface area contributed by atoms with Gasteiger partial charge in [0.05, 0.1) is 12.1 Å². The number of hydrogen-bond donors (Lipinski definition) is 0. The molecule has 1 aliphatic heterocycles. The van der Waals surface area contributed by atoms with E-state index in [2.05, 4.69) is 21.9 Å². The van der Waals surface area contributed by atoms with E-state index in [1.807, 2.05) is 9.58 Å². The number of carbonyl (C=O) groups is 1. The molecule has 4 heterocycles. The Labute approximate surface area is 144 Å². The summed E-state index contributed by atoms with van der Waals surface area (Å²) < 4.78 is 7.15. The monoisotopic (exact) mass is 338 g/mol. The largest absolute Gasteiger partial charge is 0.451 e. The zero-order valence-corrected chi connectivity index (χ0v) is 13.9. The van der Waals surface area contributed by atoms with Crippen LogP contribution in [0.15, 0.2) is 35.8 Å². The molecule has 25 heavy (non-hydrogen) atoms. The van der Waals surface area contributed by atoms with Gasteiger partial charge in [-0.15, -0.1) is 0 Å². The van der Waals surface area contributed by atoms with E-state index in [0.29, 0.717) is 24.3 Å². The van der Waals surface area contributed by atoms with E-state index in [-0.39, 0.29) is 5.91 Å². The molecule has 0 saturated carbocycles. The van der Waals surface area contributed by atoms with Crippen molar-refractivity contribution >= 4 is 5.91 Å². The van der Waals surface area contributed by atoms with Crippen LogP contribution in [-0.4, -0.2) is 42.1 Å². The van der Waals surface area contributed by atoms with Crippen molar-refractivity contribution in [3.63, 3.8) is 0 Å². The van der Waals surface area contributed by atoms with Crippen LogP contribution in [0.5, 0.6) is 0 Å². The Bertz CT molecular complexity index is 872. The minimum atomic E-state index is -0.0689. The number of nitrogens with zero attached hydrogens (tertiary/aromatic N) is 6. The lowest BCUT2D eigenvalue weighted by atomic mass is 10.0. The molecule has 0 aromatic carbocycles. The van der Waals surface area contributed by atoms with Gasteiger partial charge >= 0.3 is 0 Å². The van der Waals surface area contributed by atoms with Gasteiger partial charge < -0.3 is 9.32 Å². The molecule has 128 valence electrons. The summed E-state index contributed by atoms with van der Waals surface area (Å²) in [6.45, 7) is 4.11. The second-order valence-corrected chi connectivity index (χ2v) is 5.97. The zero-order chi connectivity index (χ0) is 17.2. The van der Waals surface area contributed by atoms with E-state index < -0.39 is 0 Å². The second kappa shape index (κ2) is 6.46. The molecule has 1 amide bonds. The molecule has 0 N–H and O–H groups in total. The predicted molar refractivity (Wildman–Crippen MR) is 88.5 cm³/mol. The highest BCUT2D eigenvalue weighted by molar-refractivity contribution is 5.93. The molecule has 4 rings (SSSR count). The van der Waals surface area contributed by atoms with Crippen molar-refractivity contribution in [2.75, 3.05) is 6.54 Å². The van der Waals surface area contributed by atoms with Gasteiger partial charge in [0.1, 0.15) is 24.0 Å². The highest BCUT2D eigenvalue weighted by atomic mass is 16.3. The van der Waals surface area contributed by atoms with Gasteiger partial charge in [-0.2, -0.15) is 5.10 Å². The third-order valence-electron chi connectivity index (χ3n) is 4.34.